The normalized spacial score (nSPS) is 19.5. The molecule has 5 nitrogen and oxygen atoms in total. The molecule has 0 bridgehead atoms. The number of carbonyl (C=O) groups is 1. The summed E-state index contributed by atoms with van der Waals surface area (Å²) in [7, 11) is 0. The second-order valence-electron chi connectivity index (χ2n) is 10.0. The van der Waals surface area contributed by atoms with Crippen LogP contribution in [0, 0.1) is 17.5 Å². The fourth-order valence-corrected chi connectivity index (χ4v) is 5.66. The number of anilines is 1. The third-order valence-electron chi connectivity index (χ3n) is 7.46. The first kappa shape index (κ1) is 25.3. The highest BCUT2D eigenvalue weighted by molar-refractivity contribution is 7.10. The zero-order chi connectivity index (χ0) is 25.1. The molecule has 7 heteroatoms. The summed E-state index contributed by atoms with van der Waals surface area (Å²) in [6.07, 6.45) is 3.65. The number of hydrogen-bond donors (Lipinski definition) is 1. The number of thiophene rings is 1. The Kier molecular flexibility index (Phi) is 7.57. The van der Waals surface area contributed by atoms with Gasteiger partial charge in [0.2, 0.25) is 0 Å². The van der Waals surface area contributed by atoms with Crippen LogP contribution in [0.2, 0.25) is 0 Å². The lowest BCUT2D eigenvalue weighted by molar-refractivity contribution is 0.0134. The summed E-state index contributed by atoms with van der Waals surface area (Å²) in [6.45, 7) is 10.1. The first-order valence-corrected chi connectivity index (χ1v) is 12.9. The molecule has 3 heterocycles. The SMILES string of the molecule is Cc1ccc(C(C)(C)N2CCC(CCc3ccc(F)s3)([C@@H](C)OC(=O)Nc3ccccc3)C2)cn1. The number of likely N-dealkylation sites (tertiary alicyclic amines) is 1. The highest BCUT2D eigenvalue weighted by atomic mass is 32.1. The molecule has 1 aliphatic rings. The molecule has 1 amide bonds. The number of hydrogen-bond acceptors (Lipinski definition) is 5. The van der Waals surface area contributed by atoms with Crippen LogP contribution >= 0.6 is 11.3 Å². The molecule has 35 heavy (non-hydrogen) atoms. The van der Waals surface area contributed by atoms with Crippen LogP contribution in [0.4, 0.5) is 14.9 Å². The van der Waals surface area contributed by atoms with Crippen molar-refractivity contribution in [2.24, 2.45) is 5.41 Å². The van der Waals surface area contributed by atoms with Gasteiger partial charge in [-0.2, -0.15) is 4.39 Å². The zero-order valence-corrected chi connectivity index (χ0v) is 21.7. The van der Waals surface area contributed by atoms with Gasteiger partial charge in [0, 0.05) is 40.0 Å². The highest BCUT2D eigenvalue weighted by Gasteiger charge is 2.48. The molecule has 0 saturated carbocycles. The van der Waals surface area contributed by atoms with Crippen LogP contribution in [0.1, 0.15) is 49.7 Å². The van der Waals surface area contributed by atoms with Gasteiger partial charge in [-0.05, 0) is 89.4 Å². The first-order chi connectivity index (χ1) is 16.7. The second-order valence-corrected chi connectivity index (χ2v) is 11.1. The fraction of sp³-hybridized carbons (Fsp3) is 0.429. The van der Waals surface area contributed by atoms with E-state index in [1.807, 2.05) is 62.5 Å². The molecule has 0 spiro atoms. The van der Waals surface area contributed by atoms with Crippen molar-refractivity contribution in [2.45, 2.75) is 58.6 Å². The Morgan fingerprint density at radius 2 is 2.00 bits per heavy atom. The summed E-state index contributed by atoms with van der Waals surface area (Å²) < 4.78 is 19.6. The molecule has 1 unspecified atom stereocenters. The Bertz CT molecular complexity index is 1130. The van der Waals surface area contributed by atoms with Gasteiger partial charge < -0.3 is 4.74 Å². The minimum absolute atomic E-state index is 0.165. The van der Waals surface area contributed by atoms with Gasteiger partial charge in [0.1, 0.15) is 6.10 Å². The van der Waals surface area contributed by atoms with Gasteiger partial charge in [0.05, 0.1) is 0 Å². The van der Waals surface area contributed by atoms with E-state index in [4.69, 9.17) is 4.74 Å². The predicted octanol–water partition coefficient (Wildman–Crippen LogP) is 6.79. The number of ether oxygens (including phenoxy) is 1. The third kappa shape index (κ3) is 5.90. The largest absolute Gasteiger partial charge is 0.446 e. The van der Waals surface area contributed by atoms with Gasteiger partial charge in [-0.15, -0.1) is 11.3 Å². The summed E-state index contributed by atoms with van der Waals surface area (Å²) >= 11 is 1.19. The number of aromatic nitrogens is 1. The number of nitrogens with one attached hydrogen (secondary N) is 1. The van der Waals surface area contributed by atoms with Crippen LogP contribution in [0.3, 0.4) is 0 Å². The zero-order valence-electron chi connectivity index (χ0n) is 20.9. The van der Waals surface area contributed by atoms with Gasteiger partial charge >= 0.3 is 6.09 Å². The van der Waals surface area contributed by atoms with E-state index in [1.165, 1.54) is 17.4 Å². The smallest absolute Gasteiger partial charge is 0.411 e. The van der Waals surface area contributed by atoms with Crippen molar-refractivity contribution in [1.29, 1.82) is 0 Å². The lowest BCUT2D eigenvalue weighted by Gasteiger charge is -2.40. The van der Waals surface area contributed by atoms with Crippen molar-refractivity contribution in [2.75, 3.05) is 18.4 Å². The summed E-state index contributed by atoms with van der Waals surface area (Å²) in [4.78, 5) is 20.7. The number of carbonyl (C=O) groups excluding carboxylic acids is 1. The first-order valence-electron chi connectivity index (χ1n) is 12.1. The van der Waals surface area contributed by atoms with Crippen molar-refractivity contribution in [1.82, 2.24) is 9.88 Å². The van der Waals surface area contributed by atoms with Crippen LogP contribution in [-0.2, 0) is 16.7 Å². The van der Waals surface area contributed by atoms with Gasteiger partial charge in [-0.1, -0.05) is 24.3 Å². The minimum atomic E-state index is -0.453. The number of pyridine rings is 1. The Labute approximate surface area is 211 Å². The Hall–Kier alpha value is -2.77. The molecule has 2 aromatic heterocycles. The molecule has 3 aromatic rings. The number of para-hydroxylation sites is 1. The number of amides is 1. The Balaban J connectivity index is 1.52. The minimum Gasteiger partial charge on any atom is -0.446 e. The van der Waals surface area contributed by atoms with Crippen molar-refractivity contribution in [3.8, 4) is 0 Å². The maximum Gasteiger partial charge on any atom is 0.411 e. The van der Waals surface area contributed by atoms with E-state index in [0.717, 1.165) is 48.5 Å². The van der Waals surface area contributed by atoms with E-state index in [-0.39, 0.29) is 22.2 Å². The molecule has 1 N–H and O–H groups in total. The van der Waals surface area contributed by atoms with E-state index < -0.39 is 6.09 Å². The number of halogens is 1. The van der Waals surface area contributed by atoms with E-state index in [2.05, 4.69) is 35.1 Å². The van der Waals surface area contributed by atoms with Crippen LogP contribution in [-0.4, -0.2) is 35.2 Å². The number of rotatable bonds is 8. The molecule has 186 valence electrons. The molecule has 0 aliphatic carbocycles. The van der Waals surface area contributed by atoms with Gasteiger partial charge in [-0.25, -0.2) is 4.79 Å². The molecule has 1 aromatic carbocycles. The van der Waals surface area contributed by atoms with E-state index in [1.54, 1.807) is 0 Å². The molecule has 1 fully saturated rings. The molecule has 2 atom stereocenters. The summed E-state index contributed by atoms with van der Waals surface area (Å²) in [5.41, 5.74) is 2.39. The third-order valence-corrected chi connectivity index (χ3v) is 8.39. The molecule has 4 rings (SSSR count). The van der Waals surface area contributed by atoms with Crippen LogP contribution in [0.15, 0.2) is 60.8 Å². The highest BCUT2D eigenvalue weighted by Crippen LogP contribution is 2.45. The van der Waals surface area contributed by atoms with Crippen LogP contribution in [0.5, 0.6) is 0 Å². The average Bonchev–Trinajstić information content (AvgIpc) is 3.46. The number of benzene rings is 1. The summed E-state index contributed by atoms with van der Waals surface area (Å²) in [5, 5.41) is 2.67. The van der Waals surface area contributed by atoms with Crippen molar-refractivity contribution >= 4 is 23.1 Å². The van der Waals surface area contributed by atoms with Gasteiger partial charge in [0.15, 0.2) is 5.13 Å². The molecule has 0 radical (unpaired) electrons. The van der Waals surface area contributed by atoms with Gasteiger partial charge in [0.25, 0.3) is 0 Å². The summed E-state index contributed by atoms with van der Waals surface area (Å²) in [5.74, 6) is 0. The second kappa shape index (κ2) is 10.5. The van der Waals surface area contributed by atoms with E-state index in [0.29, 0.717) is 5.69 Å². The quantitative estimate of drug-likeness (QED) is 0.374. The van der Waals surface area contributed by atoms with Gasteiger partial charge in [-0.3, -0.25) is 15.2 Å². The topological polar surface area (TPSA) is 54.5 Å². The van der Waals surface area contributed by atoms with Crippen molar-refractivity contribution in [3.63, 3.8) is 0 Å². The van der Waals surface area contributed by atoms with Crippen LogP contribution < -0.4 is 5.32 Å². The number of nitrogens with zero attached hydrogens (tertiary/aromatic N) is 2. The summed E-state index contributed by atoms with van der Waals surface area (Å²) in [6, 6.07) is 16.9. The predicted molar refractivity (Wildman–Crippen MR) is 139 cm³/mol. The standard InChI is InChI=1S/C28H34FN3O2S/c1-20-10-11-22(18-30-20)27(3,4)32-17-16-28(19-32,15-14-24-12-13-25(29)35-24)21(2)34-26(33)31-23-8-6-5-7-9-23/h5-13,18,21H,14-17,19H2,1-4H3,(H,31,33)/t21-,28?/m1/s1. The van der Waals surface area contributed by atoms with Crippen molar-refractivity contribution in [3.05, 3.63) is 82.1 Å². The average molecular weight is 496 g/mol. The fourth-order valence-electron chi connectivity index (χ4n) is 4.94. The molecular formula is C28H34FN3O2S. The lowest BCUT2D eigenvalue weighted by atomic mass is 9.77. The van der Waals surface area contributed by atoms with E-state index >= 15 is 0 Å². The molecular weight excluding hydrogens is 461 g/mol. The Morgan fingerprint density at radius 3 is 2.66 bits per heavy atom. The number of aryl methyl sites for hydroxylation is 2. The Morgan fingerprint density at radius 1 is 1.23 bits per heavy atom. The maximum atomic E-state index is 13.6. The maximum absolute atomic E-state index is 13.6. The van der Waals surface area contributed by atoms with Crippen LogP contribution in [0.25, 0.3) is 0 Å². The van der Waals surface area contributed by atoms with E-state index in [9.17, 15) is 9.18 Å². The molecule has 1 aliphatic heterocycles. The molecule has 1 saturated heterocycles. The monoisotopic (exact) mass is 495 g/mol. The van der Waals surface area contributed by atoms with Crippen molar-refractivity contribution < 1.29 is 13.9 Å². The lowest BCUT2D eigenvalue weighted by Crippen LogP contribution is -2.45.